The Morgan fingerprint density at radius 3 is 2.88 bits per heavy atom. The number of nitrogens with zero attached hydrogens (tertiary/aromatic N) is 6. The molecule has 4 rings (SSSR count). The van der Waals surface area contributed by atoms with Crippen LogP contribution in [0.2, 0.25) is 0 Å². The predicted octanol–water partition coefficient (Wildman–Crippen LogP) is 0.561. The average molecular weight is 351 g/mol. The number of aromatic amines is 1. The van der Waals surface area contributed by atoms with E-state index in [0.717, 1.165) is 5.69 Å². The third-order valence-corrected chi connectivity index (χ3v) is 4.44. The highest BCUT2D eigenvalue weighted by molar-refractivity contribution is 5.94. The molecule has 0 aliphatic carbocycles. The molecular weight excluding hydrogens is 334 g/mol. The zero-order valence-electron chi connectivity index (χ0n) is 14.4. The van der Waals surface area contributed by atoms with E-state index in [9.17, 15) is 9.59 Å². The lowest BCUT2D eigenvalue weighted by Gasteiger charge is -2.28. The number of carbonyl (C=O) groups is 1. The second kappa shape index (κ2) is 6.17. The van der Waals surface area contributed by atoms with Crippen molar-refractivity contribution < 1.29 is 4.79 Å². The van der Waals surface area contributed by atoms with Crippen molar-refractivity contribution in [2.24, 2.45) is 0 Å². The Labute approximate surface area is 148 Å². The lowest BCUT2D eigenvalue weighted by atomic mass is 10.0. The summed E-state index contributed by atoms with van der Waals surface area (Å²) in [7, 11) is 0. The molecule has 9 nitrogen and oxygen atoms in total. The molecule has 1 amide bonds. The van der Waals surface area contributed by atoms with E-state index in [0.29, 0.717) is 48.0 Å². The molecular formula is C17H17N7O2. The third kappa shape index (κ3) is 2.77. The largest absolute Gasteiger partial charge is 0.332 e. The molecule has 3 aromatic rings. The smallest absolute Gasteiger partial charge is 0.254 e. The fourth-order valence-corrected chi connectivity index (χ4v) is 3.16. The maximum atomic E-state index is 12.9. The van der Waals surface area contributed by atoms with Gasteiger partial charge in [0.05, 0.1) is 17.9 Å². The van der Waals surface area contributed by atoms with E-state index in [2.05, 4.69) is 25.5 Å². The highest BCUT2D eigenvalue weighted by Gasteiger charge is 2.25. The molecule has 0 atom stereocenters. The Morgan fingerprint density at radius 1 is 1.27 bits per heavy atom. The number of aryl methyl sites for hydroxylation is 2. The maximum absolute atomic E-state index is 12.9. The van der Waals surface area contributed by atoms with Crippen molar-refractivity contribution >= 4 is 5.91 Å². The standard InChI is InChI=1S/C17H17N7O2/c1-10-18-15-9-23(7-6-14(15)16(25)19-10)17(26)12-4-3-5-13(8-12)24-11(2)20-21-22-24/h3-5,8H,6-7,9H2,1-2H3,(H,18,19,25). The summed E-state index contributed by atoms with van der Waals surface area (Å²) in [6.07, 6.45) is 0.496. The van der Waals surface area contributed by atoms with Crippen molar-refractivity contribution in [2.45, 2.75) is 26.8 Å². The van der Waals surface area contributed by atoms with Gasteiger partial charge < -0.3 is 9.88 Å². The van der Waals surface area contributed by atoms with Crippen molar-refractivity contribution in [1.82, 2.24) is 35.1 Å². The molecule has 2 aromatic heterocycles. The molecule has 3 heterocycles. The van der Waals surface area contributed by atoms with E-state index in [-0.39, 0.29) is 11.5 Å². The monoisotopic (exact) mass is 351 g/mol. The summed E-state index contributed by atoms with van der Waals surface area (Å²) in [5.74, 6) is 1.09. The van der Waals surface area contributed by atoms with Gasteiger partial charge in [-0.1, -0.05) is 6.07 Å². The van der Waals surface area contributed by atoms with Crippen LogP contribution < -0.4 is 5.56 Å². The second-order valence-corrected chi connectivity index (χ2v) is 6.24. The first-order chi connectivity index (χ1) is 12.5. The number of hydrogen-bond donors (Lipinski definition) is 1. The molecule has 1 aromatic carbocycles. The molecule has 9 heteroatoms. The Hall–Kier alpha value is -3.36. The highest BCUT2D eigenvalue weighted by Crippen LogP contribution is 2.18. The van der Waals surface area contributed by atoms with E-state index < -0.39 is 0 Å². The van der Waals surface area contributed by atoms with E-state index in [1.54, 1.807) is 41.6 Å². The van der Waals surface area contributed by atoms with Crippen LogP contribution in [0.15, 0.2) is 29.1 Å². The molecule has 0 unspecified atom stereocenters. The van der Waals surface area contributed by atoms with E-state index in [4.69, 9.17) is 0 Å². The summed E-state index contributed by atoms with van der Waals surface area (Å²) in [5.41, 5.74) is 2.48. The Bertz CT molecular complexity index is 1050. The van der Waals surface area contributed by atoms with Crippen LogP contribution >= 0.6 is 0 Å². The molecule has 0 spiro atoms. The van der Waals surface area contributed by atoms with Gasteiger partial charge >= 0.3 is 0 Å². The summed E-state index contributed by atoms with van der Waals surface area (Å²) in [6.45, 7) is 4.34. The molecule has 0 saturated heterocycles. The van der Waals surface area contributed by atoms with Crippen LogP contribution in [0.4, 0.5) is 0 Å². The second-order valence-electron chi connectivity index (χ2n) is 6.24. The van der Waals surface area contributed by atoms with Crippen molar-refractivity contribution in [1.29, 1.82) is 0 Å². The fraction of sp³-hybridized carbons (Fsp3) is 0.294. The van der Waals surface area contributed by atoms with Crippen LogP contribution in [0.1, 0.15) is 33.3 Å². The minimum atomic E-state index is -0.115. The van der Waals surface area contributed by atoms with Gasteiger partial charge in [-0.25, -0.2) is 4.98 Å². The zero-order chi connectivity index (χ0) is 18.3. The molecule has 0 fully saturated rings. The van der Waals surface area contributed by atoms with E-state index >= 15 is 0 Å². The molecule has 132 valence electrons. The van der Waals surface area contributed by atoms with Crippen LogP contribution in [-0.4, -0.2) is 47.5 Å². The number of aromatic nitrogens is 6. The summed E-state index contributed by atoms with van der Waals surface area (Å²) >= 11 is 0. The van der Waals surface area contributed by atoms with Crippen molar-refractivity contribution in [3.05, 3.63) is 63.1 Å². The number of nitrogens with one attached hydrogen (secondary N) is 1. The van der Waals surface area contributed by atoms with E-state index in [1.807, 2.05) is 6.07 Å². The Balaban J connectivity index is 1.63. The van der Waals surface area contributed by atoms with Gasteiger partial charge in [0.15, 0.2) is 5.82 Å². The average Bonchev–Trinajstić information content (AvgIpc) is 3.06. The van der Waals surface area contributed by atoms with Gasteiger partial charge in [0.25, 0.3) is 11.5 Å². The summed E-state index contributed by atoms with van der Waals surface area (Å²) in [5, 5.41) is 11.4. The van der Waals surface area contributed by atoms with Gasteiger partial charge in [-0.05, 0) is 48.9 Å². The SMILES string of the molecule is Cc1nc2c(c(=O)[nH]1)CCN(C(=O)c1cccc(-n3nnnc3C)c1)C2. The van der Waals surface area contributed by atoms with Crippen LogP contribution in [-0.2, 0) is 13.0 Å². The summed E-state index contributed by atoms with van der Waals surface area (Å²) < 4.78 is 1.58. The topological polar surface area (TPSA) is 110 Å². The maximum Gasteiger partial charge on any atom is 0.254 e. The van der Waals surface area contributed by atoms with E-state index in [1.165, 1.54) is 0 Å². The number of carbonyl (C=O) groups excluding carboxylic acids is 1. The minimum absolute atomic E-state index is 0.108. The molecule has 1 N–H and O–H groups in total. The number of fused-ring (bicyclic) bond motifs is 1. The predicted molar refractivity (Wildman–Crippen MR) is 91.9 cm³/mol. The summed E-state index contributed by atoms with van der Waals surface area (Å²) in [6, 6.07) is 7.17. The Morgan fingerprint density at radius 2 is 2.12 bits per heavy atom. The van der Waals surface area contributed by atoms with Crippen molar-refractivity contribution in [3.63, 3.8) is 0 Å². The molecule has 1 aliphatic rings. The third-order valence-electron chi connectivity index (χ3n) is 4.44. The number of H-pyrrole nitrogens is 1. The first-order valence-corrected chi connectivity index (χ1v) is 8.26. The van der Waals surface area contributed by atoms with Crippen LogP contribution in [0.3, 0.4) is 0 Å². The summed E-state index contributed by atoms with van der Waals surface area (Å²) in [4.78, 5) is 33.8. The van der Waals surface area contributed by atoms with Crippen LogP contribution in [0, 0.1) is 13.8 Å². The fourth-order valence-electron chi connectivity index (χ4n) is 3.16. The molecule has 0 radical (unpaired) electrons. The minimum Gasteiger partial charge on any atom is -0.332 e. The molecule has 1 aliphatic heterocycles. The molecule has 0 bridgehead atoms. The van der Waals surface area contributed by atoms with Gasteiger partial charge in [-0.3, -0.25) is 9.59 Å². The van der Waals surface area contributed by atoms with Gasteiger partial charge in [0.1, 0.15) is 5.82 Å². The Kier molecular flexibility index (Phi) is 3.83. The quantitative estimate of drug-likeness (QED) is 0.722. The lowest BCUT2D eigenvalue weighted by Crippen LogP contribution is -2.39. The first-order valence-electron chi connectivity index (χ1n) is 8.26. The molecule has 26 heavy (non-hydrogen) atoms. The van der Waals surface area contributed by atoms with Gasteiger partial charge in [0.2, 0.25) is 0 Å². The van der Waals surface area contributed by atoms with Crippen molar-refractivity contribution in [2.75, 3.05) is 6.54 Å². The lowest BCUT2D eigenvalue weighted by molar-refractivity contribution is 0.0731. The normalized spacial score (nSPS) is 13.5. The number of tetrazole rings is 1. The highest BCUT2D eigenvalue weighted by atomic mass is 16.2. The van der Waals surface area contributed by atoms with Crippen LogP contribution in [0.5, 0.6) is 0 Å². The van der Waals surface area contributed by atoms with Crippen LogP contribution in [0.25, 0.3) is 5.69 Å². The van der Waals surface area contributed by atoms with Gasteiger partial charge in [-0.15, -0.1) is 5.10 Å². The number of benzene rings is 1. The zero-order valence-corrected chi connectivity index (χ0v) is 14.4. The number of rotatable bonds is 2. The van der Waals surface area contributed by atoms with Gasteiger partial charge in [0, 0.05) is 17.7 Å². The number of hydrogen-bond acceptors (Lipinski definition) is 6. The molecule has 0 saturated carbocycles. The van der Waals surface area contributed by atoms with Gasteiger partial charge in [-0.2, -0.15) is 4.68 Å². The first kappa shape index (κ1) is 16.1. The van der Waals surface area contributed by atoms with Crippen molar-refractivity contribution in [3.8, 4) is 5.69 Å². The number of amides is 1.